The Morgan fingerprint density at radius 3 is 2.83 bits per heavy atom. The van der Waals surface area contributed by atoms with E-state index in [9.17, 15) is 9.59 Å². The number of imidazole rings is 1. The summed E-state index contributed by atoms with van der Waals surface area (Å²) >= 11 is 6.25. The van der Waals surface area contributed by atoms with E-state index in [1.54, 1.807) is 11.8 Å². The number of nitrogens with zero attached hydrogens (tertiary/aromatic N) is 3. The van der Waals surface area contributed by atoms with Crippen LogP contribution in [0, 0.1) is 6.92 Å². The average molecular weight is 412 g/mol. The van der Waals surface area contributed by atoms with Gasteiger partial charge in [-0.3, -0.25) is 9.59 Å². The van der Waals surface area contributed by atoms with Gasteiger partial charge in [0.15, 0.2) is 0 Å². The number of esters is 1. The second-order valence-corrected chi connectivity index (χ2v) is 7.60. The third-order valence-electron chi connectivity index (χ3n) is 5.23. The molecule has 4 rings (SSSR count). The van der Waals surface area contributed by atoms with Gasteiger partial charge in [0.05, 0.1) is 17.6 Å². The quantitative estimate of drug-likeness (QED) is 0.593. The fourth-order valence-electron chi connectivity index (χ4n) is 3.79. The maximum absolute atomic E-state index is 12.8. The Bertz CT molecular complexity index is 1090. The molecule has 3 aromatic rings. The minimum Gasteiger partial charge on any atom is -0.465 e. The van der Waals surface area contributed by atoms with Crippen LogP contribution in [0.3, 0.4) is 0 Å². The molecule has 1 aliphatic heterocycles. The van der Waals surface area contributed by atoms with Crippen molar-refractivity contribution in [1.29, 1.82) is 0 Å². The minimum atomic E-state index is -0.316. The number of benzene rings is 2. The monoisotopic (exact) mass is 411 g/mol. The molecule has 1 saturated heterocycles. The van der Waals surface area contributed by atoms with Crippen LogP contribution in [0.4, 0.5) is 5.69 Å². The van der Waals surface area contributed by atoms with E-state index in [1.807, 2.05) is 54.0 Å². The van der Waals surface area contributed by atoms with E-state index in [2.05, 4.69) is 0 Å². The molecule has 0 radical (unpaired) electrons. The van der Waals surface area contributed by atoms with Crippen LogP contribution in [-0.4, -0.2) is 34.6 Å². The highest BCUT2D eigenvalue weighted by Gasteiger charge is 2.35. The number of rotatable bonds is 5. The molecule has 1 aromatic heterocycles. The van der Waals surface area contributed by atoms with E-state index in [-0.39, 0.29) is 24.3 Å². The van der Waals surface area contributed by atoms with Crippen molar-refractivity contribution in [3.8, 4) is 0 Å². The Kier molecular flexibility index (Phi) is 5.28. The summed E-state index contributed by atoms with van der Waals surface area (Å²) in [6.45, 7) is 4.60. The van der Waals surface area contributed by atoms with Gasteiger partial charge in [-0.05, 0) is 43.7 Å². The summed E-state index contributed by atoms with van der Waals surface area (Å²) < 4.78 is 7.01. The van der Waals surface area contributed by atoms with Crippen LogP contribution < -0.4 is 4.90 Å². The highest BCUT2D eigenvalue weighted by molar-refractivity contribution is 6.31. The van der Waals surface area contributed by atoms with Crippen LogP contribution >= 0.6 is 11.6 Å². The predicted octanol–water partition coefficient (Wildman–Crippen LogP) is 4.08. The van der Waals surface area contributed by atoms with Gasteiger partial charge in [-0.2, -0.15) is 0 Å². The fourth-order valence-corrected chi connectivity index (χ4v) is 3.96. The van der Waals surface area contributed by atoms with Crippen molar-refractivity contribution in [2.24, 2.45) is 0 Å². The maximum atomic E-state index is 12.8. The van der Waals surface area contributed by atoms with E-state index in [0.717, 1.165) is 28.1 Å². The molecule has 0 aliphatic carbocycles. The highest BCUT2D eigenvalue weighted by atomic mass is 35.5. The van der Waals surface area contributed by atoms with Gasteiger partial charge >= 0.3 is 5.97 Å². The lowest BCUT2D eigenvalue weighted by Gasteiger charge is -2.18. The van der Waals surface area contributed by atoms with Gasteiger partial charge in [-0.1, -0.05) is 29.8 Å². The molecule has 7 heteroatoms. The number of hydrogen-bond donors (Lipinski definition) is 0. The topological polar surface area (TPSA) is 64.4 Å². The second-order valence-electron chi connectivity index (χ2n) is 7.19. The van der Waals surface area contributed by atoms with Gasteiger partial charge in [0.25, 0.3) is 0 Å². The third kappa shape index (κ3) is 3.72. The summed E-state index contributed by atoms with van der Waals surface area (Å²) in [6, 6.07) is 13.3. The molecule has 1 fully saturated rings. The summed E-state index contributed by atoms with van der Waals surface area (Å²) in [5.74, 6) is 0.311. The summed E-state index contributed by atoms with van der Waals surface area (Å²) in [4.78, 5) is 31.4. The molecule has 150 valence electrons. The van der Waals surface area contributed by atoms with Crippen molar-refractivity contribution >= 4 is 40.2 Å². The lowest BCUT2D eigenvalue weighted by Crippen LogP contribution is -2.24. The molecule has 6 nitrogen and oxygen atoms in total. The van der Waals surface area contributed by atoms with Crippen LogP contribution in [0.25, 0.3) is 11.0 Å². The average Bonchev–Trinajstić information content (AvgIpc) is 3.25. The van der Waals surface area contributed by atoms with Gasteiger partial charge in [-0.25, -0.2) is 4.98 Å². The van der Waals surface area contributed by atoms with Crippen LogP contribution in [0.5, 0.6) is 0 Å². The zero-order valence-electron chi connectivity index (χ0n) is 16.4. The molecule has 0 bridgehead atoms. The number of ether oxygens (including phenoxy) is 1. The van der Waals surface area contributed by atoms with E-state index in [4.69, 9.17) is 21.3 Å². The number of carbonyl (C=O) groups excluding carboxylic acids is 2. The first kappa shape index (κ1) is 19.5. The Balaban J connectivity index is 1.68. The molecule has 0 N–H and O–H groups in total. The molecule has 1 amide bonds. The van der Waals surface area contributed by atoms with Crippen LogP contribution in [0.15, 0.2) is 42.5 Å². The largest absolute Gasteiger partial charge is 0.465 e. The minimum absolute atomic E-state index is 0.0182. The van der Waals surface area contributed by atoms with E-state index in [1.165, 1.54) is 0 Å². The molecule has 0 unspecified atom stereocenters. The van der Waals surface area contributed by atoms with Crippen molar-refractivity contribution in [3.05, 3.63) is 58.9 Å². The smallest absolute Gasteiger partial charge is 0.326 e. The summed E-state index contributed by atoms with van der Waals surface area (Å²) in [6.07, 6.45) is 0.331. The van der Waals surface area contributed by atoms with Gasteiger partial charge in [0.2, 0.25) is 5.91 Å². The zero-order chi connectivity index (χ0) is 20.5. The Morgan fingerprint density at radius 1 is 1.28 bits per heavy atom. The SMILES string of the molecule is CCOC(=O)Cn1c([C@@H]2CC(=O)N(c3ccc(C)c(Cl)c3)C2)nc2ccccc21. The lowest BCUT2D eigenvalue weighted by atomic mass is 10.1. The number of para-hydroxylation sites is 2. The molecule has 29 heavy (non-hydrogen) atoms. The summed E-state index contributed by atoms with van der Waals surface area (Å²) in [7, 11) is 0. The Morgan fingerprint density at radius 2 is 2.07 bits per heavy atom. The zero-order valence-corrected chi connectivity index (χ0v) is 17.1. The number of aryl methyl sites for hydroxylation is 1. The summed E-state index contributed by atoms with van der Waals surface area (Å²) in [5.41, 5.74) is 3.41. The van der Waals surface area contributed by atoms with Crippen molar-refractivity contribution in [2.75, 3.05) is 18.1 Å². The van der Waals surface area contributed by atoms with E-state index >= 15 is 0 Å². The van der Waals surface area contributed by atoms with Crippen molar-refractivity contribution in [1.82, 2.24) is 9.55 Å². The summed E-state index contributed by atoms with van der Waals surface area (Å²) in [5, 5.41) is 0.633. The lowest BCUT2D eigenvalue weighted by molar-refractivity contribution is -0.143. The number of anilines is 1. The normalized spacial score (nSPS) is 16.6. The van der Waals surface area contributed by atoms with Gasteiger partial charge in [-0.15, -0.1) is 0 Å². The van der Waals surface area contributed by atoms with Gasteiger partial charge < -0.3 is 14.2 Å². The first-order chi connectivity index (χ1) is 14.0. The number of amides is 1. The van der Waals surface area contributed by atoms with Gasteiger partial charge in [0, 0.05) is 29.6 Å². The van der Waals surface area contributed by atoms with Crippen molar-refractivity contribution in [3.63, 3.8) is 0 Å². The molecular weight excluding hydrogens is 390 g/mol. The highest BCUT2D eigenvalue weighted by Crippen LogP contribution is 2.34. The van der Waals surface area contributed by atoms with Crippen LogP contribution in [0.2, 0.25) is 5.02 Å². The van der Waals surface area contributed by atoms with E-state index in [0.29, 0.717) is 24.6 Å². The number of carbonyl (C=O) groups is 2. The third-order valence-corrected chi connectivity index (χ3v) is 5.64. The van der Waals surface area contributed by atoms with Crippen molar-refractivity contribution in [2.45, 2.75) is 32.7 Å². The maximum Gasteiger partial charge on any atom is 0.326 e. The second kappa shape index (κ2) is 7.87. The number of aromatic nitrogens is 2. The molecule has 0 saturated carbocycles. The van der Waals surface area contributed by atoms with Crippen LogP contribution in [-0.2, 0) is 20.9 Å². The standard InChI is InChI=1S/C22H22ClN3O3/c1-3-29-21(28)13-26-19-7-5-4-6-18(19)24-22(26)15-10-20(27)25(12-15)16-9-8-14(2)17(23)11-16/h4-9,11,15H,3,10,12-13H2,1-2H3/t15-/m1/s1. The van der Waals surface area contributed by atoms with Gasteiger partial charge in [0.1, 0.15) is 12.4 Å². The fraction of sp³-hybridized carbons (Fsp3) is 0.318. The molecule has 2 aromatic carbocycles. The van der Waals surface area contributed by atoms with Crippen LogP contribution in [0.1, 0.15) is 30.7 Å². The number of hydrogen-bond acceptors (Lipinski definition) is 4. The molecule has 1 aliphatic rings. The Labute approximate surface area is 174 Å². The molecule has 2 heterocycles. The van der Waals surface area contributed by atoms with Crippen molar-refractivity contribution < 1.29 is 14.3 Å². The number of halogens is 1. The first-order valence-electron chi connectivity index (χ1n) is 9.65. The number of fused-ring (bicyclic) bond motifs is 1. The molecule has 1 atom stereocenters. The molecular formula is C22H22ClN3O3. The molecule has 0 spiro atoms. The van der Waals surface area contributed by atoms with E-state index < -0.39 is 0 Å². The first-order valence-corrected chi connectivity index (χ1v) is 10.0. The Hall–Kier alpha value is -2.86. The predicted molar refractivity (Wildman–Crippen MR) is 112 cm³/mol.